The first kappa shape index (κ1) is 15.3. The fourth-order valence-electron chi connectivity index (χ4n) is 2.42. The summed E-state index contributed by atoms with van der Waals surface area (Å²) in [5.41, 5.74) is 5.24. The number of carboxylic acids is 1. The molecule has 0 fully saturated rings. The van der Waals surface area contributed by atoms with Crippen LogP contribution >= 0.6 is 0 Å². The predicted octanol–water partition coefficient (Wildman–Crippen LogP) is 2.30. The van der Waals surface area contributed by atoms with E-state index in [1.54, 1.807) is 42.5 Å². The van der Waals surface area contributed by atoms with Gasteiger partial charge in [0.15, 0.2) is 0 Å². The van der Waals surface area contributed by atoms with E-state index in [0.29, 0.717) is 10.9 Å². The van der Waals surface area contributed by atoms with Crippen LogP contribution in [0, 0.1) is 5.41 Å². The topological polar surface area (TPSA) is 129 Å². The van der Waals surface area contributed by atoms with Crippen LogP contribution in [0.15, 0.2) is 53.3 Å². The lowest BCUT2D eigenvalue weighted by Crippen LogP contribution is -2.17. The molecule has 0 saturated carbocycles. The third-order valence-electron chi connectivity index (χ3n) is 3.48. The number of carbonyl (C=O) groups is 1. The van der Waals surface area contributed by atoms with Crippen LogP contribution in [0.5, 0.6) is 11.5 Å². The Kier molecular flexibility index (Phi) is 3.75. The predicted molar refractivity (Wildman–Crippen MR) is 89.1 cm³/mol. The maximum Gasteiger partial charge on any atom is 0.340 e. The van der Waals surface area contributed by atoms with Gasteiger partial charge in [0.25, 0.3) is 5.56 Å². The van der Waals surface area contributed by atoms with Crippen molar-refractivity contribution in [3.63, 3.8) is 0 Å². The number of para-hydroxylation sites is 2. The number of carboxylic acid groups (broad SMARTS) is 1. The minimum absolute atomic E-state index is 0.133. The number of nitrogens with two attached hydrogens (primary N) is 1. The number of hydrogen-bond donors (Lipinski definition) is 4. The molecule has 0 radical (unpaired) electrons. The molecule has 1 aromatic heterocycles. The molecule has 120 valence electrons. The van der Waals surface area contributed by atoms with Gasteiger partial charge in [-0.1, -0.05) is 30.3 Å². The lowest BCUT2D eigenvalue weighted by Gasteiger charge is -2.12. The SMILES string of the molecule is N=C(N)c1ccccc1Oc1c(C(=O)O)c2ccccc2[nH]c1=O. The molecule has 0 atom stereocenters. The van der Waals surface area contributed by atoms with Gasteiger partial charge in [-0.2, -0.15) is 0 Å². The number of ether oxygens (including phenoxy) is 1. The Bertz CT molecular complexity index is 1020. The normalized spacial score (nSPS) is 10.5. The number of aromatic amines is 1. The number of pyridine rings is 1. The van der Waals surface area contributed by atoms with E-state index in [2.05, 4.69) is 4.98 Å². The van der Waals surface area contributed by atoms with E-state index in [1.165, 1.54) is 6.07 Å². The molecule has 7 heteroatoms. The number of nitrogens with one attached hydrogen (secondary N) is 2. The van der Waals surface area contributed by atoms with Gasteiger partial charge in [0.1, 0.15) is 17.1 Å². The largest absolute Gasteiger partial charge is 0.478 e. The third-order valence-corrected chi connectivity index (χ3v) is 3.48. The summed E-state index contributed by atoms with van der Waals surface area (Å²) in [5, 5.41) is 17.5. The first-order chi connectivity index (χ1) is 11.5. The molecule has 0 aliphatic carbocycles. The molecule has 3 rings (SSSR count). The Hall–Kier alpha value is -3.61. The Morgan fingerprint density at radius 1 is 1.12 bits per heavy atom. The molecule has 0 unspecified atom stereocenters. The standard InChI is InChI=1S/C17H13N3O4/c18-15(19)10-6-2-4-8-12(10)24-14-13(17(22)23)9-5-1-3-7-11(9)20-16(14)21/h1-8H,(H3,18,19)(H,20,21)(H,22,23). The quantitative estimate of drug-likeness (QED) is 0.432. The van der Waals surface area contributed by atoms with Crippen LogP contribution < -0.4 is 16.0 Å². The summed E-state index contributed by atoms with van der Waals surface area (Å²) in [4.78, 5) is 26.6. The van der Waals surface area contributed by atoms with Gasteiger partial charge in [-0.3, -0.25) is 10.2 Å². The van der Waals surface area contributed by atoms with Crippen LogP contribution in [-0.2, 0) is 0 Å². The molecule has 7 nitrogen and oxygen atoms in total. The summed E-state index contributed by atoms with van der Waals surface area (Å²) >= 11 is 0. The minimum Gasteiger partial charge on any atom is -0.478 e. The van der Waals surface area contributed by atoms with Crippen molar-refractivity contribution in [2.75, 3.05) is 0 Å². The fourth-order valence-corrected chi connectivity index (χ4v) is 2.42. The second-order valence-corrected chi connectivity index (χ2v) is 5.02. The zero-order valence-electron chi connectivity index (χ0n) is 12.4. The van der Waals surface area contributed by atoms with Crippen molar-refractivity contribution in [3.05, 3.63) is 70.0 Å². The summed E-state index contributed by atoms with van der Waals surface area (Å²) in [6, 6.07) is 12.9. The first-order valence-electron chi connectivity index (χ1n) is 6.98. The van der Waals surface area contributed by atoms with Gasteiger partial charge in [-0.25, -0.2) is 4.79 Å². The molecule has 1 heterocycles. The van der Waals surface area contributed by atoms with E-state index >= 15 is 0 Å². The number of rotatable bonds is 4. The molecule has 0 bridgehead atoms. The number of aromatic carboxylic acids is 1. The van der Waals surface area contributed by atoms with Crippen LogP contribution in [0.2, 0.25) is 0 Å². The molecule has 3 aromatic rings. The number of fused-ring (bicyclic) bond motifs is 1. The van der Waals surface area contributed by atoms with E-state index in [9.17, 15) is 14.7 Å². The zero-order valence-corrected chi connectivity index (χ0v) is 12.4. The van der Waals surface area contributed by atoms with E-state index in [4.69, 9.17) is 15.9 Å². The van der Waals surface area contributed by atoms with Crippen LogP contribution in [0.4, 0.5) is 0 Å². The molecular weight excluding hydrogens is 310 g/mol. The molecule has 5 N–H and O–H groups in total. The van der Waals surface area contributed by atoms with Crippen molar-refractivity contribution in [1.82, 2.24) is 4.98 Å². The smallest absolute Gasteiger partial charge is 0.340 e. The van der Waals surface area contributed by atoms with Crippen molar-refractivity contribution in [3.8, 4) is 11.5 Å². The summed E-state index contributed by atoms with van der Waals surface area (Å²) in [6.07, 6.45) is 0. The van der Waals surface area contributed by atoms with Crippen molar-refractivity contribution in [2.45, 2.75) is 0 Å². The van der Waals surface area contributed by atoms with Gasteiger partial charge in [0, 0.05) is 10.9 Å². The molecule has 0 saturated heterocycles. The summed E-state index contributed by atoms with van der Waals surface area (Å²) in [6.45, 7) is 0. The minimum atomic E-state index is -1.28. The number of amidine groups is 1. The fraction of sp³-hybridized carbons (Fsp3) is 0. The maximum absolute atomic E-state index is 12.3. The van der Waals surface area contributed by atoms with Crippen molar-refractivity contribution in [2.24, 2.45) is 5.73 Å². The molecule has 0 aliphatic heterocycles. The number of nitrogen functional groups attached to an aromatic ring is 1. The lowest BCUT2D eigenvalue weighted by atomic mass is 10.1. The Labute approximate surface area is 135 Å². The van der Waals surface area contributed by atoms with E-state index < -0.39 is 11.5 Å². The molecule has 0 amide bonds. The van der Waals surface area contributed by atoms with Gasteiger partial charge in [-0.05, 0) is 18.2 Å². The second kappa shape index (κ2) is 5.88. The van der Waals surface area contributed by atoms with Crippen molar-refractivity contribution < 1.29 is 14.6 Å². The van der Waals surface area contributed by atoms with Crippen molar-refractivity contribution in [1.29, 1.82) is 5.41 Å². The third kappa shape index (κ3) is 2.58. The Morgan fingerprint density at radius 3 is 2.50 bits per heavy atom. The summed E-state index contributed by atoms with van der Waals surface area (Å²) in [5.74, 6) is -1.75. The number of benzene rings is 2. The Balaban J connectivity index is 2.26. The van der Waals surface area contributed by atoms with Gasteiger partial charge in [0.05, 0.1) is 5.56 Å². The first-order valence-corrected chi connectivity index (χ1v) is 6.98. The van der Waals surface area contributed by atoms with Crippen LogP contribution in [0.3, 0.4) is 0 Å². The average Bonchev–Trinajstić information content (AvgIpc) is 2.55. The molecule has 0 spiro atoms. The summed E-state index contributed by atoms with van der Waals surface area (Å²) in [7, 11) is 0. The lowest BCUT2D eigenvalue weighted by molar-refractivity contribution is 0.0696. The van der Waals surface area contributed by atoms with Crippen LogP contribution in [0.25, 0.3) is 10.9 Å². The molecular formula is C17H13N3O4. The van der Waals surface area contributed by atoms with Gasteiger partial charge in [0.2, 0.25) is 5.75 Å². The van der Waals surface area contributed by atoms with Crippen molar-refractivity contribution >= 4 is 22.7 Å². The maximum atomic E-state index is 12.3. The average molecular weight is 323 g/mol. The number of hydrogen-bond acceptors (Lipinski definition) is 4. The molecule has 0 aliphatic rings. The van der Waals surface area contributed by atoms with Gasteiger partial charge in [-0.15, -0.1) is 0 Å². The highest BCUT2D eigenvalue weighted by Crippen LogP contribution is 2.29. The number of H-pyrrole nitrogens is 1. The van der Waals surface area contributed by atoms with E-state index in [-0.39, 0.29) is 28.5 Å². The van der Waals surface area contributed by atoms with Crippen LogP contribution in [-0.4, -0.2) is 21.9 Å². The summed E-state index contributed by atoms with van der Waals surface area (Å²) < 4.78 is 5.56. The van der Waals surface area contributed by atoms with E-state index in [1.807, 2.05) is 0 Å². The highest BCUT2D eigenvalue weighted by atomic mass is 16.5. The monoisotopic (exact) mass is 323 g/mol. The van der Waals surface area contributed by atoms with Crippen LogP contribution in [0.1, 0.15) is 15.9 Å². The second-order valence-electron chi connectivity index (χ2n) is 5.02. The van der Waals surface area contributed by atoms with Gasteiger partial charge < -0.3 is 20.6 Å². The highest BCUT2D eigenvalue weighted by molar-refractivity contribution is 6.05. The molecule has 24 heavy (non-hydrogen) atoms. The highest BCUT2D eigenvalue weighted by Gasteiger charge is 2.21. The van der Waals surface area contributed by atoms with Gasteiger partial charge >= 0.3 is 5.97 Å². The molecule has 2 aromatic carbocycles. The Morgan fingerprint density at radius 2 is 1.79 bits per heavy atom. The number of aromatic nitrogens is 1. The zero-order chi connectivity index (χ0) is 17.3. The van der Waals surface area contributed by atoms with E-state index in [0.717, 1.165) is 0 Å².